The number of halogens is 1. The third kappa shape index (κ3) is 4.85. The van der Waals surface area contributed by atoms with E-state index in [1.165, 1.54) is 29.3 Å². The molecule has 0 radical (unpaired) electrons. The van der Waals surface area contributed by atoms with Gasteiger partial charge >= 0.3 is 0 Å². The minimum absolute atomic E-state index is 0.164. The highest BCUT2D eigenvalue weighted by Gasteiger charge is 2.32. The molecule has 0 aliphatic carbocycles. The molecule has 0 saturated heterocycles. The zero-order valence-electron chi connectivity index (χ0n) is 16.0. The molecule has 6 heteroatoms. The minimum Gasteiger partial charge on any atom is -0.343 e. The molecule has 1 amide bonds. The van der Waals surface area contributed by atoms with E-state index in [0.717, 1.165) is 22.3 Å². The van der Waals surface area contributed by atoms with Crippen molar-refractivity contribution < 1.29 is 14.0 Å². The van der Waals surface area contributed by atoms with Gasteiger partial charge in [-0.1, -0.05) is 36.4 Å². The van der Waals surface area contributed by atoms with Crippen molar-refractivity contribution in [2.75, 3.05) is 13.6 Å². The first-order valence-corrected chi connectivity index (χ1v) is 9.23. The molecule has 1 aromatic heterocycles. The summed E-state index contributed by atoms with van der Waals surface area (Å²) in [4.78, 5) is 40.0. The second kappa shape index (κ2) is 9.10. The second-order valence-corrected chi connectivity index (χ2v) is 6.72. The van der Waals surface area contributed by atoms with Crippen LogP contribution in [0.3, 0.4) is 0 Å². The molecule has 0 unspecified atom stereocenters. The Kier molecular flexibility index (Phi) is 6.34. The Labute approximate surface area is 168 Å². The fourth-order valence-corrected chi connectivity index (χ4v) is 3.04. The van der Waals surface area contributed by atoms with Gasteiger partial charge in [-0.3, -0.25) is 19.0 Å². The van der Waals surface area contributed by atoms with Gasteiger partial charge in [0, 0.05) is 31.4 Å². The number of nitrogens with zero attached hydrogens (tertiary/aromatic N) is 2. The van der Waals surface area contributed by atoms with Gasteiger partial charge in [-0.2, -0.15) is 0 Å². The van der Waals surface area contributed by atoms with E-state index in [2.05, 4.69) is 0 Å². The van der Waals surface area contributed by atoms with Gasteiger partial charge < -0.3 is 4.90 Å². The molecule has 3 rings (SSSR count). The summed E-state index contributed by atoms with van der Waals surface area (Å²) in [6, 6.07) is 17.7. The SMILES string of the molecule is CN(CCc1ccccc1)C(=O)[C@@H](C(=O)c1ccc(F)cc1)n1ccccc1=O. The standard InChI is InChI=1S/C23H21FN2O3/c1-25(16-14-17-7-3-2-4-8-17)23(29)21(26-15-6-5-9-20(26)27)22(28)18-10-12-19(24)13-11-18/h2-13,15,21H,14,16H2,1H3/t21-/m1/s1. The molecule has 1 atom stereocenters. The summed E-state index contributed by atoms with van der Waals surface area (Å²) in [5, 5.41) is 0. The number of amides is 1. The first-order chi connectivity index (χ1) is 14.0. The van der Waals surface area contributed by atoms with Gasteiger partial charge in [0.15, 0.2) is 11.8 Å². The highest BCUT2D eigenvalue weighted by molar-refractivity contribution is 6.11. The van der Waals surface area contributed by atoms with E-state index in [-0.39, 0.29) is 5.56 Å². The van der Waals surface area contributed by atoms with Gasteiger partial charge in [0.1, 0.15) is 5.82 Å². The van der Waals surface area contributed by atoms with E-state index in [0.29, 0.717) is 13.0 Å². The topological polar surface area (TPSA) is 59.4 Å². The highest BCUT2D eigenvalue weighted by Crippen LogP contribution is 2.17. The van der Waals surface area contributed by atoms with Gasteiger partial charge in [-0.15, -0.1) is 0 Å². The fourth-order valence-electron chi connectivity index (χ4n) is 3.04. The molecule has 0 aliphatic heterocycles. The Morgan fingerprint density at radius 1 is 0.966 bits per heavy atom. The van der Waals surface area contributed by atoms with Gasteiger partial charge in [0.2, 0.25) is 0 Å². The van der Waals surface area contributed by atoms with E-state index >= 15 is 0 Å². The molecular weight excluding hydrogens is 371 g/mol. The molecule has 0 saturated carbocycles. The Hall–Kier alpha value is -3.54. The van der Waals surface area contributed by atoms with Gasteiger partial charge in [0.05, 0.1) is 0 Å². The second-order valence-electron chi connectivity index (χ2n) is 6.72. The molecule has 0 aliphatic rings. The van der Waals surface area contributed by atoms with E-state index < -0.39 is 29.1 Å². The number of carbonyl (C=O) groups is 2. The number of rotatable bonds is 7. The Bertz CT molecular complexity index is 1050. The molecular formula is C23H21FN2O3. The zero-order chi connectivity index (χ0) is 20.8. The average molecular weight is 392 g/mol. The number of ketones is 1. The summed E-state index contributed by atoms with van der Waals surface area (Å²) in [6.45, 7) is 0.387. The first kappa shape index (κ1) is 20.2. The maximum absolute atomic E-state index is 13.2. The number of hydrogen-bond donors (Lipinski definition) is 0. The zero-order valence-corrected chi connectivity index (χ0v) is 16.0. The molecule has 1 heterocycles. The maximum Gasteiger partial charge on any atom is 0.253 e. The van der Waals surface area contributed by atoms with Crippen LogP contribution in [0.4, 0.5) is 4.39 Å². The fraction of sp³-hybridized carbons (Fsp3) is 0.174. The van der Waals surface area contributed by atoms with Crippen LogP contribution in [0.2, 0.25) is 0 Å². The molecule has 2 aromatic carbocycles. The van der Waals surface area contributed by atoms with Crippen LogP contribution in [0.15, 0.2) is 83.8 Å². The number of carbonyl (C=O) groups excluding carboxylic acids is 2. The van der Waals surface area contributed by atoms with E-state index in [1.54, 1.807) is 19.2 Å². The van der Waals surface area contributed by atoms with Crippen molar-refractivity contribution in [1.29, 1.82) is 0 Å². The third-order valence-corrected chi connectivity index (χ3v) is 4.70. The summed E-state index contributed by atoms with van der Waals surface area (Å²) < 4.78 is 14.4. The van der Waals surface area contributed by atoms with E-state index in [4.69, 9.17) is 0 Å². The molecule has 0 spiro atoms. The van der Waals surface area contributed by atoms with Crippen LogP contribution in [0.1, 0.15) is 22.0 Å². The Balaban J connectivity index is 1.89. The molecule has 29 heavy (non-hydrogen) atoms. The summed E-state index contributed by atoms with van der Waals surface area (Å²) in [5.41, 5.74) is 0.764. The van der Waals surface area contributed by atoms with Gasteiger partial charge in [-0.25, -0.2) is 4.39 Å². The van der Waals surface area contributed by atoms with Crippen molar-refractivity contribution in [3.8, 4) is 0 Å². The van der Waals surface area contributed by atoms with Gasteiger partial charge in [0.25, 0.3) is 11.5 Å². The smallest absolute Gasteiger partial charge is 0.253 e. The number of aromatic nitrogens is 1. The normalized spacial score (nSPS) is 11.7. The molecule has 148 valence electrons. The lowest BCUT2D eigenvalue weighted by Gasteiger charge is -2.24. The van der Waals surface area contributed by atoms with Crippen molar-refractivity contribution in [1.82, 2.24) is 9.47 Å². The predicted molar refractivity (Wildman–Crippen MR) is 108 cm³/mol. The molecule has 0 bridgehead atoms. The average Bonchev–Trinajstić information content (AvgIpc) is 2.74. The lowest BCUT2D eigenvalue weighted by atomic mass is 10.0. The quantitative estimate of drug-likeness (QED) is 0.459. The molecule has 5 nitrogen and oxygen atoms in total. The Morgan fingerprint density at radius 3 is 2.28 bits per heavy atom. The van der Waals surface area contributed by atoms with Crippen molar-refractivity contribution in [2.24, 2.45) is 0 Å². The first-order valence-electron chi connectivity index (χ1n) is 9.23. The number of pyridine rings is 1. The molecule has 0 N–H and O–H groups in total. The molecule has 3 aromatic rings. The summed E-state index contributed by atoms with van der Waals surface area (Å²) in [5.74, 6) is -1.54. The van der Waals surface area contributed by atoms with Crippen LogP contribution in [0.25, 0.3) is 0 Å². The summed E-state index contributed by atoms with van der Waals surface area (Å²) in [7, 11) is 1.60. The monoisotopic (exact) mass is 392 g/mol. The summed E-state index contributed by atoms with van der Waals surface area (Å²) in [6.07, 6.45) is 2.03. The predicted octanol–water partition coefficient (Wildman–Crippen LogP) is 3.11. The van der Waals surface area contributed by atoms with Crippen LogP contribution in [0.5, 0.6) is 0 Å². The summed E-state index contributed by atoms with van der Waals surface area (Å²) >= 11 is 0. The van der Waals surface area contributed by atoms with E-state index in [9.17, 15) is 18.8 Å². The van der Waals surface area contributed by atoms with Crippen molar-refractivity contribution in [3.05, 3.63) is 106 Å². The lowest BCUT2D eigenvalue weighted by Crippen LogP contribution is -2.42. The van der Waals surface area contributed by atoms with Crippen LogP contribution in [0, 0.1) is 5.82 Å². The largest absolute Gasteiger partial charge is 0.343 e. The highest BCUT2D eigenvalue weighted by atomic mass is 19.1. The van der Waals surface area contributed by atoms with Crippen LogP contribution < -0.4 is 5.56 Å². The lowest BCUT2D eigenvalue weighted by molar-refractivity contribution is -0.132. The number of benzene rings is 2. The maximum atomic E-state index is 13.2. The van der Waals surface area contributed by atoms with Crippen molar-refractivity contribution >= 4 is 11.7 Å². The van der Waals surface area contributed by atoms with Crippen LogP contribution >= 0.6 is 0 Å². The van der Waals surface area contributed by atoms with Crippen LogP contribution in [-0.4, -0.2) is 34.7 Å². The number of hydrogen-bond acceptors (Lipinski definition) is 3. The Morgan fingerprint density at radius 2 is 1.62 bits per heavy atom. The minimum atomic E-state index is -1.35. The van der Waals surface area contributed by atoms with Crippen molar-refractivity contribution in [3.63, 3.8) is 0 Å². The van der Waals surface area contributed by atoms with Gasteiger partial charge in [-0.05, 0) is 42.3 Å². The van der Waals surface area contributed by atoms with Crippen molar-refractivity contribution in [2.45, 2.75) is 12.5 Å². The van der Waals surface area contributed by atoms with Crippen LogP contribution in [-0.2, 0) is 11.2 Å². The number of likely N-dealkylation sites (N-methyl/N-ethyl adjacent to an activating group) is 1. The molecule has 0 fully saturated rings. The number of Topliss-reactive ketones (excluding diaryl/α,β-unsaturated/α-hetero) is 1. The van der Waals surface area contributed by atoms with E-state index in [1.807, 2.05) is 30.3 Å². The third-order valence-electron chi connectivity index (χ3n) is 4.70.